The molecular formula is C16H19ClN4O3. The van der Waals surface area contributed by atoms with E-state index in [0.717, 1.165) is 16.8 Å². The minimum atomic E-state index is -0.227. The van der Waals surface area contributed by atoms with Gasteiger partial charge >= 0.3 is 0 Å². The molecule has 2 aromatic rings. The number of amides is 1. The third kappa shape index (κ3) is 2.74. The van der Waals surface area contributed by atoms with Crippen LogP contribution in [0, 0.1) is 6.92 Å². The van der Waals surface area contributed by atoms with Crippen LogP contribution in [0.15, 0.2) is 17.2 Å². The second kappa shape index (κ2) is 6.41. The lowest BCUT2D eigenvalue weighted by molar-refractivity contribution is 0.0749. The van der Waals surface area contributed by atoms with E-state index in [-0.39, 0.29) is 16.5 Å². The molecule has 128 valence electrons. The van der Waals surface area contributed by atoms with Gasteiger partial charge in [0.15, 0.2) is 0 Å². The van der Waals surface area contributed by atoms with Crippen molar-refractivity contribution in [1.29, 1.82) is 0 Å². The zero-order valence-corrected chi connectivity index (χ0v) is 14.6. The fraction of sp³-hybridized carbons (Fsp3) is 0.438. The van der Waals surface area contributed by atoms with E-state index in [1.807, 2.05) is 6.92 Å². The highest BCUT2D eigenvalue weighted by atomic mass is 35.5. The molecule has 1 aliphatic heterocycles. The van der Waals surface area contributed by atoms with E-state index in [0.29, 0.717) is 31.8 Å². The number of carbonyl (C=O) groups excluding carboxylic acids is 1. The minimum Gasteiger partial charge on any atom is -0.383 e. The van der Waals surface area contributed by atoms with Gasteiger partial charge in [0.25, 0.3) is 11.5 Å². The molecule has 0 bridgehead atoms. The monoisotopic (exact) mass is 350 g/mol. The third-order valence-corrected chi connectivity index (χ3v) is 4.85. The summed E-state index contributed by atoms with van der Waals surface area (Å²) in [5.41, 5.74) is 2.83. The van der Waals surface area contributed by atoms with Crippen LogP contribution in [0.25, 0.3) is 0 Å². The lowest BCUT2D eigenvalue weighted by atomic mass is 10.1. The largest absolute Gasteiger partial charge is 0.383 e. The van der Waals surface area contributed by atoms with Gasteiger partial charge in [-0.1, -0.05) is 11.6 Å². The van der Waals surface area contributed by atoms with Crippen molar-refractivity contribution in [3.05, 3.63) is 50.2 Å². The number of pyridine rings is 1. The number of halogens is 1. The number of methoxy groups -OCH3 is 1. The summed E-state index contributed by atoms with van der Waals surface area (Å²) in [5, 5.41) is 4.39. The molecule has 0 unspecified atom stereocenters. The summed E-state index contributed by atoms with van der Waals surface area (Å²) in [7, 11) is 3.30. The lowest BCUT2D eigenvalue weighted by Crippen LogP contribution is -2.26. The molecule has 0 N–H and O–H groups in total. The van der Waals surface area contributed by atoms with Crippen LogP contribution in [0.1, 0.15) is 27.2 Å². The maximum absolute atomic E-state index is 12.7. The Balaban J connectivity index is 1.84. The average Bonchev–Trinajstić information content (AvgIpc) is 3.22. The highest BCUT2D eigenvalue weighted by molar-refractivity contribution is 6.31. The van der Waals surface area contributed by atoms with Crippen LogP contribution in [-0.4, -0.2) is 38.9 Å². The number of hydrogen-bond donors (Lipinski definition) is 0. The van der Waals surface area contributed by atoms with Gasteiger partial charge in [-0.2, -0.15) is 5.10 Å². The first-order valence-electron chi connectivity index (χ1n) is 7.61. The van der Waals surface area contributed by atoms with Crippen LogP contribution in [-0.2, 0) is 31.4 Å². The van der Waals surface area contributed by atoms with Crippen molar-refractivity contribution in [2.45, 2.75) is 26.6 Å². The number of hydrogen-bond acceptors (Lipinski definition) is 4. The summed E-state index contributed by atoms with van der Waals surface area (Å²) in [6, 6.07) is 0. The van der Waals surface area contributed by atoms with Crippen LogP contribution in [0.5, 0.6) is 0 Å². The highest BCUT2D eigenvalue weighted by Gasteiger charge is 2.29. The Hall–Kier alpha value is -2.12. The summed E-state index contributed by atoms with van der Waals surface area (Å²) >= 11 is 6.10. The van der Waals surface area contributed by atoms with Crippen LogP contribution in [0.2, 0.25) is 5.02 Å². The Kier molecular flexibility index (Phi) is 4.47. The standard InChI is InChI=1S/C16H19ClN4O3/c1-10-12-8-20(9-13(12)19(2)16(23)14(10)17)15(22)11-6-18-21(7-11)4-5-24-3/h6-7H,4-5,8-9H2,1-3H3. The smallest absolute Gasteiger partial charge is 0.269 e. The van der Waals surface area contributed by atoms with Crippen LogP contribution in [0.4, 0.5) is 0 Å². The van der Waals surface area contributed by atoms with Gasteiger partial charge in [-0.25, -0.2) is 0 Å². The fourth-order valence-electron chi connectivity index (χ4n) is 2.93. The molecule has 1 amide bonds. The van der Waals surface area contributed by atoms with E-state index < -0.39 is 0 Å². The zero-order valence-electron chi connectivity index (χ0n) is 13.9. The van der Waals surface area contributed by atoms with Crippen molar-refractivity contribution in [3.8, 4) is 0 Å². The summed E-state index contributed by atoms with van der Waals surface area (Å²) in [4.78, 5) is 26.5. The lowest BCUT2D eigenvalue weighted by Gasteiger charge is -2.14. The van der Waals surface area contributed by atoms with E-state index >= 15 is 0 Å². The van der Waals surface area contributed by atoms with Gasteiger partial charge in [0, 0.05) is 32.6 Å². The molecule has 0 atom stereocenters. The van der Waals surface area contributed by atoms with Crippen LogP contribution < -0.4 is 5.56 Å². The van der Waals surface area contributed by atoms with Gasteiger partial charge in [0.1, 0.15) is 5.02 Å². The van der Waals surface area contributed by atoms with Gasteiger partial charge in [-0.3, -0.25) is 14.3 Å². The second-order valence-electron chi connectivity index (χ2n) is 5.87. The minimum absolute atomic E-state index is 0.113. The molecule has 2 aromatic heterocycles. The molecule has 3 rings (SSSR count). The van der Waals surface area contributed by atoms with Crippen molar-refractivity contribution in [2.24, 2.45) is 7.05 Å². The highest BCUT2D eigenvalue weighted by Crippen LogP contribution is 2.28. The number of ether oxygens (including phenoxy) is 1. The van der Waals surface area contributed by atoms with Gasteiger partial charge in [0.05, 0.1) is 31.5 Å². The van der Waals surface area contributed by atoms with Gasteiger partial charge in [-0.15, -0.1) is 0 Å². The fourth-order valence-corrected chi connectivity index (χ4v) is 3.17. The summed E-state index contributed by atoms with van der Waals surface area (Å²) in [5.74, 6) is -0.113. The average molecular weight is 351 g/mol. The first-order valence-corrected chi connectivity index (χ1v) is 7.99. The van der Waals surface area contributed by atoms with E-state index in [9.17, 15) is 9.59 Å². The Morgan fingerprint density at radius 3 is 2.88 bits per heavy atom. The molecule has 24 heavy (non-hydrogen) atoms. The predicted molar refractivity (Wildman–Crippen MR) is 89.1 cm³/mol. The number of rotatable bonds is 4. The first kappa shape index (κ1) is 16.7. The molecule has 0 aromatic carbocycles. The van der Waals surface area contributed by atoms with Gasteiger partial charge in [-0.05, 0) is 18.1 Å². The van der Waals surface area contributed by atoms with E-state index in [1.54, 1.807) is 36.1 Å². The predicted octanol–water partition coefficient (Wildman–Crippen LogP) is 1.35. The van der Waals surface area contributed by atoms with Crippen LogP contribution in [0.3, 0.4) is 0 Å². The Morgan fingerprint density at radius 1 is 1.42 bits per heavy atom. The molecule has 1 aliphatic rings. The molecule has 7 nitrogen and oxygen atoms in total. The molecule has 0 radical (unpaired) electrons. The Bertz CT molecular complexity index is 856. The SMILES string of the molecule is COCCn1cc(C(=O)N2Cc3c(C)c(Cl)c(=O)n(C)c3C2)cn1. The summed E-state index contributed by atoms with van der Waals surface area (Å²) < 4.78 is 8.21. The summed E-state index contributed by atoms with van der Waals surface area (Å²) in [6.45, 7) is 3.77. The van der Waals surface area contributed by atoms with E-state index in [2.05, 4.69) is 5.10 Å². The second-order valence-corrected chi connectivity index (χ2v) is 6.25. The summed E-state index contributed by atoms with van der Waals surface area (Å²) in [6.07, 6.45) is 3.27. The van der Waals surface area contributed by atoms with Crippen molar-refractivity contribution < 1.29 is 9.53 Å². The Morgan fingerprint density at radius 2 is 2.17 bits per heavy atom. The number of nitrogens with zero attached hydrogens (tertiary/aromatic N) is 4. The number of fused-ring (bicyclic) bond motifs is 1. The van der Waals surface area contributed by atoms with Crippen molar-refractivity contribution in [3.63, 3.8) is 0 Å². The number of carbonyl (C=O) groups is 1. The quantitative estimate of drug-likeness (QED) is 0.834. The molecule has 0 aliphatic carbocycles. The van der Waals surface area contributed by atoms with Gasteiger partial charge in [0.2, 0.25) is 0 Å². The van der Waals surface area contributed by atoms with Crippen molar-refractivity contribution >= 4 is 17.5 Å². The van der Waals surface area contributed by atoms with Gasteiger partial charge < -0.3 is 14.2 Å². The van der Waals surface area contributed by atoms with Crippen molar-refractivity contribution in [1.82, 2.24) is 19.2 Å². The molecule has 3 heterocycles. The van der Waals surface area contributed by atoms with Crippen molar-refractivity contribution in [2.75, 3.05) is 13.7 Å². The third-order valence-electron chi connectivity index (χ3n) is 4.41. The van der Waals surface area contributed by atoms with E-state index in [4.69, 9.17) is 16.3 Å². The Labute approximate surface area is 144 Å². The van der Waals surface area contributed by atoms with Crippen LogP contribution >= 0.6 is 11.6 Å². The molecule has 0 spiro atoms. The molecule has 0 saturated heterocycles. The topological polar surface area (TPSA) is 69.4 Å². The molecular weight excluding hydrogens is 332 g/mol. The molecule has 0 fully saturated rings. The normalized spacial score (nSPS) is 13.4. The molecule has 8 heteroatoms. The van der Waals surface area contributed by atoms with E-state index in [1.165, 1.54) is 4.57 Å². The maximum atomic E-state index is 12.7. The molecule has 0 saturated carbocycles. The maximum Gasteiger partial charge on any atom is 0.269 e. The zero-order chi connectivity index (χ0) is 17.4. The number of aromatic nitrogens is 3. The first-order chi connectivity index (χ1) is 11.4.